The van der Waals surface area contributed by atoms with Crippen LogP contribution in [0.15, 0.2) is 12.4 Å². The molecule has 23 heavy (non-hydrogen) atoms. The molecule has 2 amide bonds. The summed E-state index contributed by atoms with van der Waals surface area (Å²) < 4.78 is 6.76. The molecule has 8 heteroatoms. The Bertz CT molecular complexity index is 573. The molecular weight excluding hydrogens is 298 g/mol. The van der Waals surface area contributed by atoms with Gasteiger partial charge in [0.2, 0.25) is 11.8 Å². The second kappa shape index (κ2) is 6.67. The molecule has 1 aromatic heterocycles. The van der Waals surface area contributed by atoms with E-state index < -0.39 is 5.54 Å². The minimum atomic E-state index is -0.772. The van der Waals surface area contributed by atoms with Gasteiger partial charge in [-0.25, -0.2) is 0 Å². The van der Waals surface area contributed by atoms with Crippen LogP contribution in [0.4, 0.5) is 5.69 Å². The van der Waals surface area contributed by atoms with Crippen molar-refractivity contribution in [2.24, 2.45) is 5.73 Å². The van der Waals surface area contributed by atoms with Gasteiger partial charge in [-0.3, -0.25) is 14.3 Å². The molecule has 0 unspecified atom stereocenters. The quantitative estimate of drug-likeness (QED) is 0.809. The van der Waals surface area contributed by atoms with Crippen molar-refractivity contribution in [3.63, 3.8) is 0 Å². The van der Waals surface area contributed by atoms with Gasteiger partial charge in [0.1, 0.15) is 6.54 Å². The highest BCUT2D eigenvalue weighted by molar-refractivity contribution is 5.98. The van der Waals surface area contributed by atoms with Crippen LogP contribution in [0, 0.1) is 0 Å². The molecule has 1 aliphatic carbocycles. The molecule has 2 aliphatic rings. The zero-order valence-corrected chi connectivity index (χ0v) is 13.2. The first kappa shape index (κ1) is 15.9. The van der Waals surface area contributed by atoms with Crippen LogP contribution in [0.25, 0.3) is 0 Å². The molecule has 1 aliphatic heterocycles. The molecule has 0 radical (unpaired) electrons. The number of hydrogen-bond acceptors (Lipinski definition) is 5. The van der Waals surface area contributed by atoms with Crippen molar-refractivity contribution in [3.05, 3.63) is 12.4 Å². The number of amides is 2. The Morgan fingerprint density at radius 3 is 2.70 bits per heavy atom. The molecule has 2 fully saturated rings. The van der Waals surface area contributed by atoms with Gasteiger partial charge in [-0.15, -0.1) is 0 Å². The van der Waals surface area contributed by atoms with Crippen molar-refractivity contribution in [1.82, 2.24) is 14.7 Å². The Kier molecular flexibility index (Phi) is 4.63. The highest BCUT2D eigenvalue weighted by Gasteiger charge is 2.37. The molecule has 1 saturated heterocycles. The SMILES string of the molecule is NC1(C(=O)Nc2cnn(CC(=O)N3CCOCC3)c2)CCCC1. The van der Waals surface area contributed by atoms with Crippen LogP contribution in [0.5, 0.6) is 0 Å². The molecule has 0 aromatic carbocycles. The van der Waals surface area contributed by atoms with E-state index in [1.165, 1.54) is 4.68 Å². The second-order valence-corrected chi connectivity index (χ2v) is 6.24. The van der Waals surface area contributed by atoms with Gasteiger partial charge in [0.25, 0.3) is 0 Å². The Morgan fingerprint density at radius 1 is 1.30 bits per heavy atom. The van der Waals surface area contributed by atoms with Gasteiger partial charge in [-0.05, 0) is 12.8 Å². The number of carbonyl (C=O) groups excluding carboxylic acids is 2. The van der Waals surface area contributed by atoms with Crippen molar-refractivity contribution in [2.75, 3.05) is 31.6 Å². The highest BCUT2D eigenvalue weighted by atomic mass is 16.5. The number of nitrogens with one attached hydrogen (secondary N) is 1. The number of ether oxygens (including phenoxy) is 1. The molecule has 0 spiro atoms. The lowest BCUT2D eigenvalue weighted by molar-refractivity contribution is -0.136. The summed E-state index contributed by atoms with van der Waals surface area (Å²) in [6, 6.07) is 0. The van der Waals surface area contributed by atoms with Gasteiger partial charge in [0.15, 0.2) is 0 Å². The van der Waals surface area contributed by atoms with E-state index in [0.29, 0.717) is 44.8 Å². The maximum atomic E-state index is 12.3. The average Bonchev–Trinajstić information content (AvgIpc) is 3.18. The summed E-state index contributed by atoms with van der Waals surface area (Å²) in [6.07, 6.45) is 6.59. The Morgan fingerprint density at radius 2 is 2.00 bits per heavy atom. The standard InChI is InChI=1S/C15H23N5O3/c16-15(3-1-2-4-15)14(22)18-12-9-17-20(10-12)11-13(21)19-5-7-23-8-6-19/h9-10H,1-8,11,16H2,(H,18,22). The molecule has 1 aromatic rings. The normalized spacial score (nSPS) is 20.5. The first-order valence-electron chi connectivity index (χ1n) is 8.05. The first-order chi connectivity index (χ1) is 11.1. The van der Waals surface area contributed by atoms with Crippen LogP contribution in [-0.2, 0) is 20.9 Å². The Labute approximate surface area is 134 Å². The number of nitrogens with two attached hydrogens (primary N) is 1. The van der Waals surface area contributed by atoms with E-state index in [0.717, 1.165) is 12.8 Å². The minimum absolute atomic E-state index is 0.000338. The van der Waals surface area contributed by atoms with Crippen LogP contribution < -0.4 is 11.1 Å². The van der Waals surface area contributed by atoms with Crippen molar-refractivity contribution in [3.8, 4) is 0 Å². The molecule has 0 bridgehead atoms. The van der Waals surface area contributed by atoms with Crippen LogP contribution in [-0.4, -0.2) is 58.3 Å². The number of rotatable bonds is 4. The number of anilines is 1. The first-order valence-corrected chi connectivity index (χ1v) is 8.05. The van der Waals surface area contributed by atoms with Gasteiger partial charge < -0.3 is 20.7 Å². The third-order valence-corrected chi connectivity index (χ3v) is 4.50. The van der Waals surface area contributed by atoms with Gasteiger partial charge in [0.05, 0.1) is 30.6 Å². The summed E-state index contributed by atoms with van der Waals surface area (Å²) in [7, 11) is 0. The second-order valence-electron chi connectivity index (χ2n) is 6.24. The number of hydrogen-bond donors (Lipinski definition) is 2. The summed E-state index contributed by atoms with van der Waals surface area (Å²) >= 11 is 0. The fourth-order valence-corrected chi connectivity index (χ4v) is 3.05. The Balaban J connectivity index is 1.55. The Hall–Kier alpha value is -1.93. The molecule has 0 atom stereocenters. The summed E-state index contributed by atoms with van der Waals surface area (Å²) in [5, 5.41) is 6.94. The highest BCUT2D eigenvalue weighted by Crippen LogP contribution is 2.28. The van der Waals surface area contributed by atoms with Gasteiger partial charge >= 0.3 is 0 Å². The monoisotopic (exact) mass is 321 g/mol. The average molecular weight is 321 g/mol. The predicted octanol–water partition coefficient (Wildman–Crippen LogP) is -0.0481. The van der Waals surface area contributed by atoms with Crippen LogP contribution >= 0.6 is 0 Å². The van der Waals surface area contributed by atoms with Crippen molar-refractivity contribution < 1.29 is 14.3 Å². The van der Waals surface area contributed by atoms with Crippen LogP contribution in [0.1, 0.15) is 25.7 Å². The van der Waals surface area contributed by atoms with Crippen molar-refractivity contribution in [2.45, 2.75) is 37.8 Å². The molecule has 3 N–H and O–H groups in total. The van der Waals surface area contributed by atoms with Gasteiger partial charge in [-0.1, -0.05) is 12.8 Å². The summed E-state index contributed by atoms with van der Waals surface area (Å²) in [5.74, 6) is -0.172. The number of aromatic nitrogens is 2. The topological polar surface area (TPSA) is 102 Å². The molecule has 1 saturated carbocycles. The molecular formula is C15H23N5O3. The van der Waals surface area contributed by atoms with Crippen molar-refractivity contribution >= 4 is 17.5 Å². The number of morpholine rings is 1. The fraction of sp³-hybridized carbons (Fsp3) is 0.667. The molecule has 3 rings (SSSR count). The van der Waals surface area contributed by atoms with Gasteiger partial charge in [-0.2, -0.15) is 5.10 Å². The van der Waals surface area contributed by atoms with E-state index in [1.54, 1.807) is 17.3 Å². The predicted molar refractivity (Wildman–Crippen MR) is 83.6 cm³/mol. The fourth-order valence-electron chi connectivity index (χ4n) is 3.05. The van der Waals surface area contributed by atoms with E-state index >= 15 is 0 Å². The third kappa shape index (κ3) is 3.70. The molecule has 126 valence electrons. The van der Waals surface area contributed by atoms with Crippen molar-refractivity contribution in [1.29, 1.82) is 0 Å². The lowest BCUT2D eigenvalue weighted by atomic mass is 9.98. The maximum absolute atomic E-state index is 12.3. The zero-order chi connectivity index (χ0) is 16.3. The van der Waals surface area contributed by atoms with E-state index in [-0.39, 0.29) is 18.4 Å². The van der Waals surface area contributed by atoms with E-state index in [9.17, 15) is 9.59 Å². The molecule has 2 heterocycles. The summed E-state index contributed by atoms with van der Waals surface area (Å²) in [5.41, 5.74) is 5.92. The van der Waals surface area contributed by atoms with E-state index in [1.807, 2.05) is 0 Å². The smallest absolute Gasteiger partial charge is 0.244 e. The van der Waals surface area contributed by atoms with Crippen LogP contribution in [0.2, 0.25) is 0 Å². The summed E-state index contributed by atoms with van der Waals surface area (Å²) in [4.78, 5) is 26.2. The minimum Gasteiger partial charge on any atom is -0.378 e. The maximum Gasteiger partial charge on any atom is 0.244 e. The third-order valence-electron chi connectivity index (χ3n) is 4.50. The lowest BCUT2D eigenvalue weighted by Gasteiger charge is -2.26. The largest absolute Gasteiger partial charge is 0.378 e. The number of carbonyl (C=O) groups is 2. The molecule has 8 nitrogen and oxygen atoms in total. The van der Waals surface area contributed by atoms with E-state index in [2.05, 4.69) is 10.4 Å². The number of nitrogens with zero attached hydrogens (tertiary/aromatic N) is 3. The lowest BCUT2D eigenvalue weighted by Crippen LogP contribution is -2.48. The summed E-state index contributed by atoms with van der Waals surface area (Å²) in [6.45, 7) is 2.53. The zero-order valence-electron chi connectivity index (χ0n) is 13.2. The van der Waals surface area contributed by atoms with Gasteiger partial charge in [0, 0.05) is 19.3 Å². The van der Waals surface area contributed by atoms with E-state index in [4.69, 9.17) is 10.5 Å². The van der Waals surface area contributed by atoms with Crippen LogP contribution in [0.3, 0.4) is 0 Å².